The normalized spacial score (nSPS) is 11.4. The number of amides is 1. The Hall–Kier alpha value is -3.00. The summed E-state index contributed by atoms with van der Waals surface area (Å²) in [5.41, 5.74) is 2.02. The third kappa shape index (κ3) is 6.74. The zero-order valence-corrected chi connectivity index (χ0v) is 19.9. The van der Waals surface area contributed by atoms with E-state index < -0.39 is 10.0 Å². The number of carbonyl (C=O) groups is 2. The van der Waals surface area contributed by atoms with Crippen LogP contribution in [-0.4, -0.2) is 26.2 Å². The minimum absolute atomic E-state index is 0.165. The first-order chi connectivity index (χ1) is 15.7. The van der Waals surface area contributed by atoms with Crippen LogP contribution in [0.15, 0.2) is 77.7 Å². The first-order valence-corrected chi connectivity index (χ1v) is 12.3. The van der Waals surface area contributed by atoms with Crippen molar-refractivity contribution in [3.8, 4) is 0 Å². The summed E-state index contributed by atoms with van der Waals surface area (Å²) in [4.78, 5) is 25.6. The third-order valence-electron chi connectivity index (χ3n) is 4.80. The van der Waals surface area contributed by atoms with E-state index in [0.717, 1.165) is 5.56 Å². The quantitative estimate of drug-likeness (QED) is 0.425. The summed E-state index contributed by atoms with van der Waals surface area (Å²) in [6, 6.07) is 19.7. The van der Waals surface area contributed by atoms with Gasteiger partial charge in [0.1, 0.15) is 0 Å². The van der Waals surface area contributed by atoms with Crippen molar-refractivity contribution in [2.45, 2.75) is 37.6 Å². The van der Waals surface area contributed by atoms with E-state index in [2.05, 4.69) is 10.0 Å². The number of rotatable bonds is 9. The van der Waals surface area contributed by atoms with Crippen molar-refractivity contribution in [2.75, 3.05) is 5.32 Å². The van der Waals surface area contributed by atoms with Gasteiger partial charge in [-0.1, -0.05) is 54.1 Å². The maximum Gasteiger partial charge on any atom is 0.240 e. The van der Waals surface area contributed by atoms with E-state index >= 15 is 0 Å². The molecular formula is C25H25ClN2O4S. The summed E-state index contributed by atoms with van der Waals surface area (Å²) in [6.07, 6.45) is 0.581. The molecule has 0 aliphatic heterocycles. The molecule has 3 rings (SSSR count). The van der Waals surface area contributed by atoms with Crippen LogP contribution in [0.3, 0.4) is 0 Å². The molecule has 0 saturated carbocycles. The fraction of sp³-hybridized carbons (Fsp3) is 0.200. The van der Waals surface area contributed by atoms with Crippen molar-refractivity contribution in [2.24, 2.45) is 0 Å². The fourth-order valence-corrected chi connectivity index (χ4v) is 4.67. The first-order valence-electron chi connectivity index (χ1n) is 10.5. The van der Waals surface area contributed by atoms with Crippen molar-refractivity contribution in [1.29, 1.82) is 0 Å². The van der Waals surface area contributed by atoms with Gasteiger partial charge in [-0.25, -0.2) is 13.1 Å². The summed E-state index contributed by atoms with van der Waals surface area (Å²) in [7, 11) is -3.56. The number of anilines is 1. The predicted molar refractivity (Wildman–Crippen MR) is 130 cm³/mol. The number of benzene rings is 3. The molecule has 172 valence electrons. The van der Waals surface area contributed by atoms with Crippen molar-refractivity contribution in [3.63, 3.8) is 0 Å². The lowest BCUT2D eigenvalue weighted by Gasteiger charge is -2.12. The summed E-state index contributed by atoms with van der Waals surface area (Å²) in [6.45, 7) is 3.51. The molecule has 1 amide bonds. The van der Waals surface area contributed by atoms with Crippen molar-refractivity contribution in [1.82, 2.24) is 4.72 Å². The van der Waals surface area contributed by atoms with Crippen LogP contribution in [-0.2, 0) is 21.2 Å². The lowest BCUT2D eigenvalue weighted by Crippen LogP contribution is -2.30. The topological polar surface area (TPSA) is 92.3 Å². The number of carbonyl (C=O) groups excluding carboxylic acids is 2. The van der Waals surface area contributed by atoms with Gasteiger partial charge in [0, 0.05) is 28.6 Å². The highest BCUT2D eigenvalue weighted by atomic mass is 35.5. The minimum atomic E-state index is -3.56. The Morgan fingerprint density at radius 3 is 2.24 bits per heavy atom. The van der Waals surface area contributed by atoms with Crippen molar-refractivity contribution < 1.29 is 18.0 Å². The second-order valence-electron chi connectivity index (χ2n) is 7.85. The van der Waals surface area contributed by atoms with Crippen LogP contribution in [0, 0.1) is 0 Å². The molecule has 0 radical (unpaired) electrons. The average Bonchev–Trinajstić information content (AvgIpc) is 2.78. The molecule has 0 heterocycles. The Morgan fingerprint density at radius 1 is 0.939 bits per heavy atom. The largest absolute Gasteiger partial charge is 0.325 e. The molecular weight excluding hydrogens is 460 g/mol. The SMILES string of the molecule is CC(C)NS(=O)(=O)c1ccc(CCC(=O)Nc2ccc(Cl)cc2C(=O)c2ccccc2)cc1. The third-order valence-corrected chi connectivity index (χ3v) is 6.71. The second kappa shape index (κ2) is 10.7. The molecule has 0 unspecified atom stereocenters. The zero-order chi connectivity index (χ0) is 24.0. The molecule has 33 heavy (non-hydrogen) atoms. The fourth-order valence-electron chi connectivity index (χ4n) is 3.24. The van der Waals surface area contributed by atoms with Crippen LogP contribution in [0.2, 0.25) is 5.02 Å². The highest BCUT2D eigenvalue weighted by Gasteiger charge is 2.17. The number of ketones is 1. The van der Waals surface area contributed by atoms with E-state index in [4.69, 9.17) is 11.6 Å². The van der Waals surface area contributed by atoms with Gasteiger partial charge in [-0.05, 0) is 56.2 Å². The van der Waals surface area contributed by atoms with Gasteiger partial charge < -0.3 is 5.32 Å². The Morgan fingerprint density at radius 2 is 1.61 bits per heavy atom. The van der Waals surface area contributed by atoms with Crippen LogP contribution >= 0.6 is 11.6 Å². The van der Waals surface area contributed by atoms with Crippen molar-refractivity contribution >= 4 is 39.0 Å². The maximum absolute atomic E-state index is 12.9. The number of halogens is 1. The van der Waals surface area contributed by atoms with Crippen LogP contribution < -0.4 is 10.0 Å². The molecule has 3 aromatic carbocycles. The molecule has 0 aliphatic rings. The van der Waals surface area contributed by atoms with Crippen LogP contribution in [0.5, 0.6) is 0 Å². The lowest BCUT2D eigenvalue weighted by molar-refractivity contribution is -0.116. The molecule has 3 aromatic rings. The Balaban J connectivity index is 1.67. The van der Waals surface area contributed by atoms with E-state index in [1.54, 1.807) is 62.4 Å². The second-order valence-corrected chi connectivity index (χ2v) is 10.0. The molecule has 2 N–H and O–H groups in total. The van der Waals surface area contributed by atoms with Crippen LogP contribution in [0.1, 0.15) is 41.8 Å². The van der Waals surface area contributed by atoms with Crippen LogP contribution in [0.25, 0.3) is 0 Å². The highest BCUT2D eigenvalue weighted by molar-refractivity contribution is 7.89. The Bertz CT molecular complexity index is 1240. The summed E-state index contributed by atoms with van der Waals surface area (Å²) in [5.74, 6) is -0.502. The average molecular weight is 485 g/mol. The molecule has 0 aromatic heterocycles. The van der Waals surface area contributed by atoms with Gasteiger partial charge in [0.15, 0.2) is 5.78 Å². The van der Waals surface area contributed by atoms with Gasteiger partial charge in [-0.15, -0.1) is 0 Å². The first kappa shape index (κ1) is 24.6. The number of hydrogen-bond acceptors (Lipinski definition) is 4. The summed E-state index contributed by atoms with van der Waals surface area (Å²) in [5, 5.41) is 3.19. The molecule has 0 bridgehead atoms. The lowest BCUT2D eigenvalue weighted by atomic mass is 10.0. The molecule has 0 aliphatic carbocycles. The van der Waals surface area contributed by atoms with E-state index in [9.17, 15) is 18.0 Å². The van der Waals surface area contributed by atoms with Gasteiger partial charge in [0.25, 0.3) is 0 Å². The smallest absolute Gasteiger partial charge is 0.240 e. The molecule has 8 heteroatoms. The molecule has 0 fully saturated rings. The molecule has 0 atom stereocenters. The number of aryl methyl sites for hydroxylation is 1. The number of sulfonamides is 1. The van der Waals surface area contributed by atoms with Gasteiger partial charge in [-0.3, -0.25) is 9.59 Å². The van der Waals surface area contributed by atoms with Gasteiger partial charge in [0.2, 0.25) is 15.9 Å². The van der Waals surface area contributed by atoms with E-state index in [0.29, 0.717) is 28.3 Å². The van der Waals surface area contributed by atoms with Crippen molar-refractivity contribution in [3.05, 3.63) is 94.5 Å². The highest BCUT2D eigenvalue weighted by Crippen LogP contribution is 2.24. The predicted octanol–water partition coefficient (Wildman–Crippen LogP) is 4.83. The van der Waals surface area contributed by atoms with E-state index in [1.165, 1.54) is 18.2 Å². The Labute approximate surface area is 199 Å². The van der Waals surface area contributed by atoms with Gasteiger partial charge >= 0.3 is 0 Å². The molecule has 0 saturated heterocycles. The Kier molecular flexibility index (Phi) is 8.02. The number of nitrogens with one attached hydrogen (secondary N) is 2. The molecule has 0 spiro atoms. The summed E-state index contributed by atoms with van der Waals surface area (Å²) >= 11 is 6.09. The summed E-state index contributed by atoms with van der Waals surface area (Å²) < 4.78 is 27.0. The standard InChI is InChI=1S/C25H25ClN2O4S/c1-17(2)28-33(31,32)21-12-8-18(9-13-21)10-15-24(29)27-23-14-11-20(26)16-22(23)25(30)19-6-4-3-5-7-19/h3-9,11-14,16-17,28H,10,15H2,1-2H3,(H,27,29). The zero-order valence-electron chi connectivity index (χ0n) is 18.3. The van der Waals surface area contributed by atoms with Gasteiger partial charge in [0.05, 0.1) is 10.6 Å². The molecule has 6 nitrogen and oxygen atoms in total. The van der Waals surface area contributed by atoms with Crippen LogP contribution in [0.4, 0.5) is 5.69 Å². The van der Waals surface area contributed by atoms with Gasteiger partial charge in [-0.2, -0.15) is 0 Å². The maximum atomic E-state index is 12.9. The monoisotopic (exact) mass is 484 g/mol. The van der Waals surface area contributed by atoms with E-state index in [1.807, 2.05) is 6.07 Å². The van der Waals surface area contributed by atoms with E-state index in [-0.39, 0.29) is 29.0 Å². The minimum Gasteiger partial charge on any atom is -0.325 e. The number of hydrogen-bond donors (Lipinski definition) is 2.